The molecule has 4 rings (SSSR count). The van der Waals surface area contributed by atoms with Crippen molar-refractivity contribution >= 4 is 28.7 Å². The van der Waals surface area contributed by atoms with Gasteiger partial charge in [0.2, 0.25) is 0 Å². The molecular formula is C20H25N5O4. The summed E-state index contributed by atoms with van der Waals surface area (Å²) in [6.07, 6.45) is 3.32. The van der Waals surface area contributed by atoms with E-state index in [2.05, 4.69) is 20.2 Å². The molecule has 2 saturated heterocycles. The summed E-state index contributed by atoms with van der Waals surface area (Å²) in [5.74, 6) is 2.28. The van der Waals surface area contributed by atoms with Gasteiger partial charge < -0.3 is 19.7 Å². The largest absolute Gasteiger partial charge is 0.493 e. The number of rotatable bonds is 5. The number of hydrogen-bond donors (Lipinski definition) is 1. The van der Waals surface area contributed by atoms with Gasteiger partial charge in [0.15, 0.2) is 11.5 Å². The van der Waals surface area contributed by atoms with E-state index in [1.807, 2.05) is 12.1 Å². The van der Waals surface area contributed by atoms with Crippen molar-refractivity contribution in [3.8, 4) is 11.5 Å². The smallest absolute Gasteiger partial charge is 0.324 e. The molecule has 29 heavy (non-hydrogen) atoms. The van der Waals surface area contributed by atoms with Gasteiger partial charge in [-0.25, -0.2) is 14.8 Å². The van der Waals surface area contributed by atoms with Crippen LogP contribution in [0.1, 0.15) is 19.8 Å². The minimum atomic E-state index is -0.429. The first-order chi connectivity index (χ1) is 14.0. The molecule has 0 bridgehead atoms. The van der Waals surface area contributed by atoms with Gasteiger partial charge in [0.25, 0.3) is 5.91 Å². The number of amides is 3. The molecule has 154 valence electrons. The van der Waals surface area contributed by atoms with Crippen LogP contribution in [0.15, 0.2) is 18.5 Å². The number of benzene rings is 1. The summed E-state index contributed by atoms with van der Waals surface area (Å²) in [5, 5.41) is 3.58. The van der Waals surface area contributed by atoms with Crippen LogP contribution in [0.2, 0.25) is 0 Å². The van der Waals surface area contributed by atoms with Crippen molar-refractivity contribution in [1.82, 2.24) is 20.2 Å². The molecule has 3 amide bonds. The third-order valence-electron chi connectivity index (χ3n) is 5.70. The fraction of sp³-hybridized carbons (Fsp3) is 0.500. The highest BCUT2D eigenvalue weighted by molar-refractivity contribution is 6.03. The Balaban J connectivity index is 1.49. The van der Waals surface area contributed by atoms with Crippen molar-refractivity contribution in [3.63, 3.8) is 0 Å². The minimum Gasteiger partial charge on any atom is -0.493 e. The average Bonchev–Trinajstić information content (AvgIpc) is 2.98. The molecule has 1 atom stereocenters. The van der Waals surface area contributed by atoms with Gasteiger partial charge in [-0.1, -0.05) is 0 Å². The van der Waals surface area contributed by atoms with E-state index in [0.717, 1.165) is 42.7 Å². The van der Waals surface area contributed by atoms with Crippen molar-refractivity contribution in [3.05, 3.63) is 18.5 Å². The number of imide groups is 1. The molecule has 2 aromatic rings. The number of aromatic nitrogens is 2. The quantitative estimate of drug-likeness (QED) is 0.766. The van der Waals surface area contributed by atoms with Crippen molar-refractivity contribution in [2.45, 2.75) is 25.8 Å². The van der Waals surface area contributed by atoms with Gasteiger partial charge in [0, 0.05) is 31.1 Å². The Morgan fingerprint density at radius 1 is 1.10 bits per heavy atom. The number of carbonyl (C=O) groups excluding carboxylic acids is 2. The fourth-order valence-corrected chi connectivity index (χ4v) is 4.04. The zero-order valence-corrected chi connectivity index (χ0v) is 16.8. The Morgan fingerprint density at radius 2 is 1.79 bits per heavy atom. The topological polar surface area (TPSA) is 96.9 Å². The molecule has 1 unspecified atom stereocenters. The highest BCUT2D eigenvalue weighted by Crippen LogP contribution is 2.35. The number of nitrogens with one attached hydrogen (secondary N) is 1. The molecule has 0 aliphatic carbocycles. The zero-order valence-electron chi connectivity index (χ0n) is 16.8. The van der Waals surface area contributed by atoms with Crippen LogP contribution in [0.5, 0.6) is 11.5 Å². The van der Waals surface area contributed by atoms with E-state index in [0.29, 0.717) is 18.0 Å². The maximum absolute atomic E-state index is 12.1. The number of carbonyl (C=O) groups is 2. The monoisotopic (exact) mass is 399 g/mol. The van der Waals surface area contributed by atoms with Gasteiger partial charge in [-0.2, -0.15) is 0 Å². The van der Waals surface area contributed by atoms with Crippen LogP contribution in [0.25, 0.3) is 10.9 Å². The lowest BCUT2D eigenvalue weighted by Crippen LogP contribution is -2.41. The van der Waals surface area contributed by atoms with Gasteiger partial charge in [-0.3, -0.25) is 9.69 Å². The maximum Gasteiger partial charge on any atom is 0.324 e. The highest BCUT2D eigenvalue weighted by atomic mass is 16.5. The number of anilines is 1. The van der Waals surface area contributed by atoms with E-state index in [-0.39, 0.29) is 17.9 Å². The van der Waals surface area contributed by atoms with E-state index in [1.54, 1.807) is 27.5 Å². The number of urea groups is 1. The third kappa shape index (κ3) is 3.52. The minimum absolute atomic E-state index is 0.139. The molecule has 1 N–H and O–H groups in total. The third-order valence-corrected chi connectivity index (χ3v) is 5.70. The molecule has 9 nitrogen and oxygen atoms in total. The lowest BCUT2D eigenvalue weighted by Gasteiger charge is -2.34. The molecule has 3 heterocycles. The van der Waals surface area contributed by atoms with Crippen LogP contribution >= 0.6 is 0 Å². The number of ether oxygens (including phenoxy) is 2. The van der Waals surface area contributed by atoms with Crippen molar-refractivity contribution in [2.75, 3.05) is 38.8 Å². The first-order valence-corrected chi connectivity index (χ1v) is 9.75. The van der Waals surface area contributed by atoms with Crippen LogP contribution in [0, 0.1) is 5.92 Å². The Kier molecular flexibility index (Phi) is 5.12. The predicted molar refractivity (Wildman–Crippen MR) is 107 cm³/mol. The Bertz CT molecular complexity index is 942. The first kappa shape index (κ1) is 19.2. The maximum atomic E-state index is 12.1. The fourth-order valence-electron chi connectivity index (χ4n) is 4.04. The Morgan fingerprint density at radius 3 is 2.41 bits per heavy atom. The standard InChI is InChI=1S/C20H25N5O4/c1-12-19(26)25(20(27)23-12)10-13-4-6-24(7-5-13)18-14-8-16(28-2)17(29-3)9-15(14)21-11-22-18/h8-9,11-13H,4-7,10H2,1-3H3,(H,23,27). The molecule has 2 fully saturated rings. The number of nitrogens with zero attached hydrogens (tertiary/aromatic N) is 4. The van der Waals surface area contributed by atoms with Crippen LogP contribution in [-0.4, -0.2) is 66.7 Å². The number of fused-ring (bicyclic) bond motifs is 1. The van der Waals surface area contributed by atoms with Crippen LogP contribution in [0.4, 0.5) is 10.6 Å². The summed E-state index contributed by atoms with van der Waals surface area (Å²) in [6, 6.07) is 3.05. The summed E-state index contributed by atoms with van der Waals surface area (Å²) in [4.78, 5) is 36.5. The average molecular weight is 399 g/mol. The lowest BCUT2D eigenvalue weighted by atomic mass is 9.96. The van der Waals surface area contributed by atoms with Gasteiger partial charge in [-0.05, 0) is 31.7 Å². The Hall–Kier alpha value is -3.10. The second-order valence-electron chi connectivity index (χ2n) is 7.47. The summed E-state index contributed by atoms with van der Waals surface area (Å²) in [7, 11) is 3.21. The van der Waals surface area contributed by atoms with Crippen molar-refractivity contribution in [1.29, 1.82) is 0 Å². The second kappa shape index (κ2) is 7.73. The molecule has 1 aromatic carbocycles. The van der Waals surface area contributed by atoms with E-state index < -0.39 is 6.04 Å². The predicted octanol–water partition coefficient (Wildman–Crippen LogP) is 1.80. The number of hydrogen-bond acceptors (Lipinski definition) is 7. The molecule has 0 radical (unpaired) electrons. The molecule has 0 spiro atoms. The Labute approximate surface area is 169 Å². The van der Waals surface area contributed by atoms with E-state index >= 15 is 0 Å². The van der Waals surface area contributed by atoms with Gasteiger partial charge in [-0.15, -0.1) is 0 Å². The van der Waals surface area contributed by atoms with E-state index in [9.17, 15) is 9.59 Å². The molecule has 9 heteroatoms. The second-order valence-corrected chi connectivity index (χ2v) is 7.47. The van der Waals surface area contributed by atoms with Crippen LogP contribution < -0.4 is 19.7 Å². The van der Waals surface area contributed by atoms with Gasteiger partial charge in [0.05, 0.1) is 19.7 Å². The van der Waals surface area contributed by atoms with Gasteiger partial charge >= 0.3 is 6.03 Å². The van der Waals surface area contributed by atoms with Crippen LogP contribution in [-0.2, 0) is 4.79 Å². The van der Waals surface area contributed by atoms with E-state index in [4.69, 9.17) is 9.47 Å². The molecule has 0 saturated carbocycles. The van der Waals surface area contributed by atoms with Crippen LogP contribution in [0.3, 0.4) is 0 Å². The molecule has 2 aliphatic rings. The van der Waals surface area contributed by atoms with Crippen molar-refractivity contribution < 1.29 is 19.1 Å². The number of piperidine rings is 1. The highest BCUT2D eigenvalue weighted by Gasteiger charge is 2.37. The summed E-state index contributed by atoms with van der Waals surface area (Å²) in [5.41, 5.74) is 0.795. The normalized spacial score (nSPS) is 20.3. The van der Waals surface area contributed by atoms with E-state index in [1.165, 1.54) is 4.90 Å². The summed E-state index contributed by atoms with van der Waals surface area (Å²) in [6.45, 7) is 3.78. The first-order valence-electron chi connectivity index (χ1n) is 9.75. The number of methoxy groups -OCH3 is 2. The zero-order chi connectivity index (χ0) is 20.5. The molecule has 2 aliphatic heterocycles. The lowest BCUT2D eigenvalue weighted by molar-refractivity contribution is -0.127. The SMILES string of the molecule is COc1cc2ncnc(N3CCC(CN4C(=O)NC(C)C4=O)CC3)c2cc1OC. The van der Waals surface area contributed by atoms with Gasteiger partial charge in [0.1, 0.15) is 18.2 Å². The molecular weight excluding hydrogens is 374 g/mol. The van der Waals surface area contributed by atoms with Crippen molar-refractivity contribution in [2.24, 2.45) is 5.92 Å². The summed E-state index contributed by atoms with van der Waals surface area (Å²) < 4.78 is 10.8. The summed E-state index contributed by atoms with van der Waals surface area (Å²) >= 11 is 0. The molecule has 1 aromatic heterocycles.